The van der Waals surface area contributed by atoms with Gasteiger partial charge in [-0.2, -0.15) is 0 Å². The minimum atomic E-state index is 0.387. The Kier molecular flexibility index (Phi) is 5.06. The summed E-state index contributed by atoms with van der Waals surface area (Å²) in [6.07, 6.45) is 3.52. The van der Waals surface area contributed by atoms with Gasteiger partial charge in [-0.15, -0.1) is 11.3 Å². The summed E-state index contributed by atoms with van der Waals surface area (Å²) in [5.74, 6) is 1.92. The first-order valence-electron chi connectivity index (χ1n) is 9.79. The second kappa shape index (κ2) is 8.16. The Bertz CT molecular complexity index is 1310. The molecular formula is C25H20N2O3S. The second-order valence-electron chi connectivity index (χ2n) is 7.04. The largest absolute Gasteiger partial charge is 0.497 e. The van der Waals surface area contributed by atoms with Crippen LogP contribution in [0.25, 0.3) is 32.5 Å². The molecule has 6 heteroatoms. The summed E-state index contributed by atoms with van der Waals surface area (Å²) in [6, 6.07) is 19.9. The standard InChI is InChI=1S/C25H20N2O3S/c1-28-19-6-4-17(5-7-19)18-13-20(29-15-16-8-10-27-11-9-16)23-21(14-18)30-25(26)24(23)22-3-2-12-31-22/h2-14H,15,26H2,1H3. The van der Waals surface area contributed by atoms with Crippen molar-refractivity contribution in [3.63, 3.8) is 0 Å². The van der Waals surface area contributed by atoms with Crippen molar-refractivity contribution in [2.75, 3.05) is 12.8 Å². The lowest BCUT2D eigenvalue weighted by molar-refractivity contribution is 0.310. The van der Waals surface area contributed by atoms with Crippen LogP contribution in [0.3, 0.4) is 0 Å². The van der Waals surface area contributed by atoms with Crippen molar-refractivity contribution in [1.29, 1.82) is 0 Å². The monoisotopic (exact) mass is 428 g/mol. The van der Waals surface area contributed by atoms with E-state index in [1.165, 1.54) is 0 Å². The van der Waals surface area contributed by atoms with Crippen molar-refractivity contribution in [2.24, 2.45) is 0 Å². The maximum atomic E-state index is 6.31. The fourth-order valence-electron chi connectivity index (χ4n) is 3.58. The maximum Gasteiger partial charge on any atom is 0.200 e. The highest BCUT2D eigenvalue weighted by molar-refractivity contribution is 7.13. The predicted molar refractivity (Wildman–Crippen MR) is 124 cm³/mol. The van der Waals surface area contributed by atoms with Crippen molar-refractivity contribution in [1.82, 2.24) is 4.98 Å². The lowest BCUT2D eigenvalue weighted by Crippen LogP contribution is -1.97. The molecule has 3 heterocycles. The fraction of sp³-hybridized carbons (Fsp3) is 0.0800. The van der Waals surface area contributed by atoms with Crippen LogP contribution in [-0.4, -0.2) is 12.1 Å². The maximum absolute atomic E-state index is 6.31. The lowest BCUT2D eigenvalue weighted by Gasteiger charge is -2.11. The Morgan fingerprint density at radius 2 is 1.81 bits per heavy atom. The molecule has 0 saturated heterocycles. The zero-order chi connectivity index (χ0) is 21.2. The highest BCUT2D eigenvalue weighted by Gasteiger charge is 2.20. The molecule has 5 aromatic rings. The van der Waals surface area contributed by atoms with E-state index in [0.29, 0.717) is 18.1 Å². The van der Waals surface area contributed by atoms with E-state index in [1.807, 2.05) is 66.0 Å². The molecule has 0 spiro atoms. The molecule has 154 valence electrons. The summed E-state index contributed by atoms with van der Waals surface area (Å²) >= 11 is 1.62. The number of ether oxygens (including phenoxy) is 2. The number of furan rings is 1. The molecule has 0 aliphatic heterocycles. The van der Waals surface area contributed by atoms with E-state index in [1.54, 1.807) is 30.8 Å². The average molecular weight is 429 g/mol. The SMILES string of the molecule is COc1ccc(-c2cc(OCc3ccncc3)c3c(-c4cccs4)c(N)oc3c2)cc1. The molecule has 5 rings (SSSR count). The van der Waals surface area contributed by atoms with Gasteiger partial charge in [-0.25, -0.2) is 0 Å². The number of nitrogens with zero attached hydrogens (tertiary/aromatic N) is 1. The first-order chi connectivity index (χ1) is 15.2. The third kappa shape index (κ3) is 3.73. The number of anilines is 1. The van der Waals surface area contributed by atoms with Gasteiger partial charge in [0.05, 0.1) is 18.1 Å². The molecule has 2 aromatic carbocycles. The van der Waals surface area contributed by atoms with Crippen LogP contribution in [0.4, 0.5) is 5.88 Å². The van der Waals surface area contributed by atoms with Gasteiger partial charge in [0.25, 0.3) is 0 Å². The number of fused-ring (bicyclic) bond motifs is 1. The number of rotatable bonds is 6. The number of nitrogens with two attached hydrogens (primary N) is 1. The number of hydrogen-bond acceptors (Lipinski definition) is 6. The summed E-state index contributed by atoms with van der Waals surface area (Å²) in [7, 11) is 1.66. The Hall–Kier alpha value is -3.77. The predicted octanol–water partition coefficient (Wildman–Crippen LogP) is 6.39. The van der Waals surface area contributed by atoms with Gasteiger partial charge in [0.15, 0.2) is 0 Å². The molecule has 5 nitrogen and oxygen atoms in total. The minimum Gasteiger partial charge on any atom is -0.497 e. The Morgan fingerprint density at radius 3 is 2.52 bits per heavy atom. The van der Waals surface area contributed by atoms with Crippen molar-refractivity contribution < 1.29 is 13.9 Å². The van der Waals surface area contributed by atoms with E-state index >= 15 is 0 Å². The average Bonchev–Trinajstić information content (AvgIpc) is 3.45. The fourth-order valence-corrected chi connectivity index (χ4v) is 4.36. The molecule has 31 heavy (non-hydrogen) atoms. The summed E-state index contributed by atoms with van der Waals surface area (Å²) in [5.41, 5.74) is 10.9. The van der Waals surface area contributed by atoms with Crippen molar-refractivity contribution in [3.8, 4) is 33.1 Å². The Morgan fingerprint density at radius 1 is 1.00 bits per heavy atom. The van der Waals surface area contributed by atoms with E-state index < -0.39 is 0 Å². The Labute approximate surface area is 183 Å². The molecule has 0 aliphatic rings. The summed E-state index contributed by atoms with van der Waals surface area (Å²) in [5, 5.41) is 2.91. The van der Waals surface area contributed by atoms with Crippen LogP contribution < -0.4 is 15.2 Å². The first-order valence-corrected chi connectivity index (χ1v) is 10.7. The van der Waals surface area contributed by atoms with Crippen LogP contribution in [-0.2, 0) is 6.61 Å². The number of benzene rings is 2. The molecule has 0 atom stereocenters. The molecule has 0 amide bonds. The van der Waals surface area contributed by atoms with E-state index in [2.05, 4.69) is 4.98 Å². The highest BCUT2D eigenvalue weighted by Crippen LogP contribution is 2.45. The van der Waals surface area contributed by atoms with Gasteiger partial charge in [0.2, 0.25) is 5.88 Å². The Balaban J connectivity index is 1.65. The molecule has 0 aliphatic carbocycles. The van der Waals surface area contributed by atoms with Gasteiger partial charge >= 0.3 is 0 Å². The number of hydrogen-bond donors (Lipinski definition) is 1. The van der Waals surface area contributed by atoms with Crippen LogP contribution >= 0.6 is 11.3 Å². The van der Waals surface area contributed by atoms with Crippen molar-refractivity contribution >= 4 is 28.2 Å². The van der Waals surface area contributed by atoms with Crippen molar-refractivity contribution in [3.05, 3.63) is 84.0 Å². The summed E-state index contributed by atoms with van der Waals surface area (Å²) < 4.78 is 17.6. The first kappa shape index (κ1) is 19.2. The van der Waals surface area contributed by atoms with Crippen LogP contribution in [0.5, 0.6) is 11.5 Å². The van der Waals surface area contributed by atoms with E-state index in [-0.39, 0.29) is 0 Å². The van der Waals surface area contributed by atoms with Gasteiger partial charge in [-0.05, 0) is 64.5 Å². The number of nitrogen functional groups attached to an aromatic ring is 1. The zero-order valence-corrected chi connectivity index (χ0v) is 17.7. The number of pyridine rings is 1. The third-order valence-electron chi connectivity index (χ3n) is 5.12. The topological polar surface area (TPSA) is 70.5 Å². The smallest absolute Gasteiger partial charge is 0.200 e. The summed E-state index contributed by atoms with van der Waals surface area (Å²) in [6.45, 7) is 0.415. The van der Waals surface area contributed by atoms with Gasteiger partial charge in [0.1, 0.15) is 23.7 Å². The molecule has 0 radical (unpaired) electrons. The molecule has 0 unspecified atom stereocenters. The van der Waals surface area contributed by atoms with Crippen LogP contribution in [0.1, 0.15) is 5.56 Å². The normalized spacial score (nSPS) is 11.0. The van der Waals surface area contributed by atoms with Crippen molar-refractivity contribution in [2.45, 2.75) is 6.61 Å². The molecule has 2 N–H and O–H groups in total. The molecule has 0 saturated carbocycles. The quantitative estimate of drug-likeness (QED) is 0.339. The van der Waals surface area contributed by atoms with E-state index in [0.717, 1.165) is 44.0 Å². The highest BCUT2D eigenvalue weighted by atomic mass is 32.1. The molecule has 0 bridgehead atoms. The molecular weight excluding hydrogens is 408 g/mol. The number of methoxy groups -OCH3 is 1. The number of thiophene rings is 1. The van der Waals surface area contributed by atoms with Gasteiger partial charge < -0.3 is 19.6 Å². The van der Waals surface area contributed by atoms with Gasteiger partial charge in [0, 0.05) is 17.3 Å². The van der Waals surface area contributed by atoms with Crippen LogP contribution in [0.15, 0.2) is 82.9 Å². The van der Waals surface area contributed by atoms with E-state index in [4.69, 9.17) is 19.6 Å². The number of aromatic nitrogens is 1. The van der Waals surface area contributed by atoms with Crippen LogP contribution in [0, 0.1) is 0 Å². The van der Waals surface area contributed by atoms with E-state index in [9.17, 15) is 0 Å². The summed E-state index contributed by atoms with van der Waals surface area (Å²) in [4.78, 5) is 5.12. The third-order valence-corrected chi connectivity index (χ3v) is 6.00. The van der Waals surface area contributed by atoms with Gasteiger partial charge in [-0.1, -0.05) is 18.2 Å². The van der Waals surface area contributed by atoms with Crippen LogP contribution in [0.2, 0.25) is 0 Å². The minimum absolute atomic E-state index is 0.387. The second-order valence-corrected chi connectivity index (χ2v) is 7.99. The molecule has 0 fully saturated rings. The molecule has 3 aromatic heterocycles. The lowest BCUT2D eigenvalue weighted by atomic mass is 10.0. The zero-order valence-electron chi connectivity index (χ0n) is 16.9. The van der Waals surface area contributed by atoms with Gasteiger partial charge in [-0.3, -0.25) is 4.98 Å².